The van der Waals surface area contributed by atoms with E-state index in [2.05, 4.69) is 5.32 Å². The van der Waals surface area contributed by atoms with Crippen LogP contribution in [0.1, 0.15) is 26.3 Å². The quantitative estimate of drug-likeness (QED) is 0.671. The van der Waals surface area contributed by atoms with Gasteiger partial charge in [0.05, 0.1) is 16.2 Å². The Balaban J connectivity index is 2.73. The van der Waals surface area contributed by atoms with Gasteiger partial charge in [-0.05, 0) is 33.3 Å². The van der Waals surface area contributed by atoms with Gasteiger partial charge in [-0.15, -0.1) is 0 Å². The molecule has 1 aromatic carbocycles. The number of anilines is 1. The molecule has 0 saturated heterocycles. The molecule has 0 saturated carbocycles. The van der Waals surface area contributed by atoms with Gasteiger partial charge in [0.25, 0.3) is 5.69 Å². The third-order valence-corrected chi connectivity index (χ3v) is 2.34. The maximum absolute atomic E-state index is 11.7. The number of carbonyl (C=O) groups is 1. The van der Waals surface area contributed by atoms with Crippen molar-refractivity contribution in [3.8, 4) is 0 Å². The third kappa shape index (κ3) is 5.05. The maximum atomic E-state index is 11.7. The highest BCUT2D eigenvalue weighted by Gasteiger charge is 2.15. The van der Waals surface area contributed by atoms with Crippen LogP contribution in [0.25, 0.3) is 0 Å². The molecule has 0 unspecified atom stereocenters. The molecule has 0 aliphatic rings. The van der Waals surface area contributed by atoms with Crippen molar-refractivity contribution < 1.29 is 14.5 Å². The Hall–Kier alpha value is -1.95. The molecular formula is C13H18N2O4. The lowest BCUT2D eigenvalue weighted by Gasteiger charge is -2.19. The van der Waals surface area contributed by atoms with Crippen molar-refractivity contribution in [2.24, 2.45) is 0 Å². The molecule has 6 heteroatoms. The molecule has 6 nitrogen and oxygen atoms in total. The summed E-state index contributed by atoms with van der Waals surface area (Å²) in [5.41, 5.74) is 0.721. The molecule has 0 atom stereocenters. The van der Waals surface area contributed by atoms with E-state index >= 15 is 0 Å². The topological polar surface area (TPSA) is 81.5 Å². The number of rotatable bonds is 4. The number of non-ortho nitro benzene ring substituents is 1. The number of nitrogens with zero attached hydrogens (tertiary/aromatic N) is 1. The Morgan fingerprint density at radius 3 is 2.58 bits per heavy atom. The second-order valence-corrected chi connectivity index (χ2v) is 5.21. The van der Waals surface area contributed by atoms with E-state index in [-0.39, 0.29) is 18.2 Å². The SMILES string of the molecule is Cc1ccc([N+](=O)[O-])cc1NC(=O)COC(C)(C)C. The highest BCUT2D eigenvalue weighted by Crippen LogP contribution is 2.21. The summed E-state index contributed by atoms with van der Waals surface area (Å²) >= 11 is 0. The Labute approximate surface area is 111 Å². The highest BCUT2D eigenvalue weighted by molar-refractivity contribution is 5.92. The summed E-state index contributed by atoms with van der Waals surface area (Å²) in [6, 6.07) is 4.33. The van der Waals surface area contributed by atoms with Crippen molar-refractivity contribution in [3.63, 3.8) is 0 Å². The molecule has 104 valence electrons. The zero-order chi connectivity index (χ0) is 14.6. The molecule has 0 bridgehead atoms. The van der Waals surface area contributed by atoms with Crippen molar-refractivity contribution in [2.75, 3.05) is 11.9 Å². The fourth-order valence-corrected chi connectivity index (χ4v) is 1.33. The number of ether oxygens (including phenoxy) is 1. The van der Waals surface area contributed by atoms with E-state index in [4.69, 9.17) is 4.74 Å². The second kappa shape index (κ2) is 5.79. The number of nitrogens with one attached hydrogen (secondary N) is 1. The van der Waals surface area contributed by atoms with E-state index < -0.39 is 10.5 Å². The zero-order valence-corrected chi connectivity index (χ0v) is 11.5. The van der Waals surface area contributed by atoms with Crippen molar-refractivity contribution in [1.29, 1.82) is 0 Å². The molecule has 1 N–H and O–H groups in total. The zero-order valence-electron chi connectivity index (χ0n) is 11.5. The average Bonchev–Trinajstić information content (AvgIpc) is 2.28. The minimum atomic E-state index is -0.499. The van der Waals surface area contributed by atoms with Crippen molar-refractivity contribution >= 4 is 17.3 Å². The van der Waals surface area contributed by atoms with E-state index in [1.807, 2.05) is 20.8 Å². The predicted molar refractivity (Wildman–Crippen MR) is 72.2 cm³/mol. The molecule has 19 heavy (non-hydrogen) atoms. The molecule has 1 aromatic rings. The number of hydrogen-bond acceptors (Lipinski definition) is 4. The minimum absolute atomic E-state index is 0.0577. The molecule has 1 amide bonds. The molecule has 0 heterocycles. The van der Waals surface area contributed by atoms with Crippen LogP contribution in [0.2, 0.25) is 0 Å². The van der Waals surface area contributed by atoms with Crippen LogP contribution in [-0.4, -0.2) is 23.0 Å². The van der Waals surface area contributed by atoms with Crippen LogP contribution in [0, 0.1) is 17.0 Å². The minimum Gasteiger partial charge on any atom is -0.366 e. The van der Waals surface area contributed by atoms with E-state index in [1.54, 1.807) is 13.0 Å². The summed E-state index contributed by atoms with van der Waals surface area (Å²) in [4.78, 5) is 21.9. The molecule has 0 spiro atoms. The largest absolute Gasteiger partial charge is 0.366 e. The summed E-state index contributed by atoms with van der Waals surface area (Å²) in [5.74, 6) is -0.335. The van der Waals surface area contributed by atoms with Crippen LogP contribution in [-0.2, 0) is 9.53 Å². The van der Waals surface area contributed by atoms with Crippen molar-refractivity contribution in [3.05, 3.63) is 33.9 Å². The maximum Gasteiger partial charge on any atom is 0.271 e. The Morgan fingerprint density at radius 1 is 1.42 bits per heavy atom. The number of aryl methyl sites for hydroxylation is 1. The van der Waals surface area contributed by atoms with Gasteiger partial charge < -0.3 is 10.1 Å². The normalized spacial score (nSPS) is 11.2. The fourth-order valence-electron chi connectivity index (χ4n) is 1.33. The van der Waals surface area contributed by atoms with E-state index in [0.717, 1.165) is 5.56 Å². The summed E-state index contributed by atoms with van der Waals surface area (Å²) in [6.07, 6.45) is 0. The molecule has 0 aromatic heterocycles. The van der Waals surface area contributed by atoms with Crippen LogP contribution in [0.15, 0.2) is 18.2 Å². The summed E-state index contributed by atoms with van der Waals surface area (Å²) in [6.45, 7) is 7.21. The van der Waals surface area contributed by atoms with Gasteiger partial charge in [0, 0.05) is 12.1 Å². The number of benzene rings is 1. The summed E-state index contributed by atoms with van der Waals surface area (Å²) in [5, 5.41) is 13.3. The molecule has 0 aliphatic heterocycles. The fraction of sp³-hybridized carbons (Fsp3) is 0.462. The number of nitro benzene ring substituents is 1. The monoisotopic (exact) mass is 266 g/mol. The van der Waals surface area contributed by atoms with Crippen LogP contribution in [0.3, 0.4) is 0 Å². The number of hydrogen-bond donors (Lipinski definition) is 1. The first kappa shape index (κ1) is 15.1. The van der Waals surface area contributed by atoms with Gasteiger partial charge in [0.2, 0.25) is 5.91 Å². The van der Waals surface area contributed by atoms with E-state index in [1.165, 1.54) is 12.1 Å². The lowest BCUT2D eigenvalue weighted by atomic mass is 10.2. The van der Waals surface area contributed by atoms with Gasteiger partial charge in [-0.1, -0.05) is 6.07 Å². The number of amides is 1. The van der Waals surface area contributed by atoms with Crippen molar-refractivity contribution in [1.82, 2.24) is 0 Å². The smallest absolute Gasteiger partial charge is 0.271 e. The standard InChI is InChI=1S/C13H18N2O4/c1-9-5-6-10(15(17)18)7-11(9)14-12(16)8-19-13(2,3)4/h5-7H,8H2,1-4H3,(H,14,16). The van der Waals surface area contributed by atoms with Crippen LogP contribution >= 0.6 is 0 Å². The van der Waals surface area contributed by atoms with Gasteiger partial charge in [-0.2, -0.15) is 0 Å². The van der Waals surface area contributed by atoms with Gasteiger partial charge >= 0.3 is 0 Å². The van der Waals surface area contributed by atoms with Crippen LogP contribution in [0.4, 0.5) is 11.4 Å². The molecule has 0 aliphatic carbocycles. The second-order valence-electron chi connectivity index (χ2n) is 5.21. The summed E-state index contributed by atoms with van der Waals surface area (Å²) in [7, 11) is 0. The Morgan fingerprint density at radius 2 is 2.05 bits per heavy atom. The lowest BCUT2D eigenvalue weighted by Crippen LogP contribution is -2.27. The van der Waals surface area contributed by atoms with Crippen LogP contribution in [0.5, 0.6) is 0 Å². The van der Waals surface area contributed by atoms with Crippen molar-refractivity contribution in [2.45, 2.75) is 33.3 Å². The first-order valence-corrected chi connectivity index (χ1v) is 5.88. The molecular weight excluding hydrogens is 248 g/mol. The average molecular weight is 266 g/mol. The van der Waals surface area contributed by atoms with Gasteiger partial charge in [-0.3, -0.25) is 14.9 Å². The third-order valence-electron chi connectivity index (χ3n) is 2.34. The Kier molecular flexibility index (Phi) is 4.61. The first-order valence-electron chi connectivity index (χ1n) is 5.88. The molecule has 0 radical (unpaired) electrons. The van der Waals surface area contributed by atoms with E-state index in [9.17, 15) is 14.9 Å². The van der Waals surface area contributed by atoms with Gasteiger partial charge in [0.1, 0.15) is 6.61 Å². The van der Waals surface area contributed by atoms with Gasteiger partial charge in [0.15, 0.2) is 0 Å². The summed E-state index contributed by atoms with van der Waals surface area (Å²) < 4.78 is 5.33. The Bertz CT molecular complexity index is 492. The molecule has 1 rings (SSSR count). The first-order chi connectivity index (χ1) is 8.69. The van der Waals surface area contributed by atoms with E-state index in [0.29, 0.717) is 5.69 Å². The molecule has 0 fully saturated rings. The number of carbonyl (C=O) groups excluding carboxylic acids is 1. The number of nitro groups is 1. The van der Waals surface area contributed by atoms with Gasteiger partial charge in [-0.25, -0.2) is 0 Å². The lowest BCUT2D eigenvalue weighted by molar-refractivity contribution is -0.384. The predicted octanol–water partition coefficient (Wildman–Crippen LogP) is 2.66. The van der Waals surface area contributed by atoms with Crippen LogP contribution < -0.4 is 5.32 Å². The highest BCUT2D eigenvalue weighted by atomic mass is 16.6.